The van der Waals surface area contributed by atoms with Crippen LogP contribution in [0.2, 0.25) is 0 Å². The molecule has 0 saturated heterocycles. The molecule has 0 radical (unpaired) electrons. The van der Waals surface area contributed by atoms with E-state index < -0.39 is 0 Å². The normalized spacial score (nSPS) is 12.2. The minimum atomic E-state index is -0.362. The van der Waals surface area contributed by atoms with E-state index in [9.17, 15) is 9.18 Å². The predicted molar refractivity (Wildman–Crippen MR) is 69.9 cm³/mol. The predicted octanol–water partition coefficient (Wildman–Crippen LogP) is 0.765. The van der Waals surface area contributed by atoms with Crippen molar-refractivity contribution in [3.05, 3.63) is 42.0 Å². The summed E-state index contributed by atoms with van der Waals surface area (Å²) in [7, 11) is 0. The molecule has 0 aliphatic rings. The second-order valence-electron chi connectivity index (χ2n) is 4.49. The van der Waals surface area contributed by atoms with Crippen LogP contribution in [0.5, 0.6) is 0 Å². The number of nitrogens with zero attached hydrogens (tertiary/aromatic N) is 3. The van der Waals surface area contributed by atoms with Gasteiger partial charge in [-0.25, -0.2) is 4.39 Å². The van der Waals surface area contributed by atoms with Crippen LogP contribution in [0.25, 0.3) is 5.69 Å². The first kappa shape index (κ1) is 14.1. The number of amides is 1. The molecule has 0 saturated carbocycles. The van der Waals surface area contributed by atoms with E-state index in [1.807, 2.05) is 6.92 Å². The molecular formula is C13H15FN4O2. The highest BCUT2D eigenvalue weighted by atomic mass is 19.1. The molecule has 1 aromatic carbocycles. The fraction of sp³-hybridized carbons (Fsp3) is 0.308. The summed E-state index contributed by atoms with van der Waals surface area (Å²) >= 11 is 0. The molecule has 106 valence electrons. The lowest BCUT2D eigenvalue weighted by atomic mass is 10.2. The van der Waals surface area contributed by atoms with Crippen molar-refractivity contribution in [2.75, 3.05) is 13.2 Å². The zero-order valence-corrected chi connectivity index (χ0v) is 11.0. The second kappa shape index (κ2) is 6.25. The lowest BCUT2D eigenvalue weighted by Crippen LogP contribution is -2.29. The Morgan fingerprint density at radius 1 is 1.45 bits per heavy atom. The highest BCUT2D eigenvalue weighted by molar-refractivity contribution is 5.91. The van der Waals surface area contributed by atoms with Gasteiger partial charge in [-0.3, -0.25) is 4.79 Å². The Morgan fingerprint density at radius 2 is 2.15 bits per heavy atom. The molecule has 1 amide bonds. The number of aliphatic hydroxyl groups excluding tert-OH is 1. The molecule has 6 nitrogen and oxygen atoms in total. The molecule has 7 heteroatoms. The van der Waals surface area contributed by atoms with E-state index in [4.69, 9.17) is 5.11 Å². The Balaban J connectivity index is 2.05. The Labute approximate surface area is 115 Å². The molecule has 0 aliphatic heterocycles. The molecule has 2 aromatic rings. The van der Waals surface area contributed by atoms with E-state index >= 15 is 0 Å². The van der Waals surface area contributed by atoms with Gasteiger partial charge in [-0.2, -0.15) is 9.90 Å². The molecule has 1 unspecified atom stereocenters. The first-order valence-electron chi connectivity index (χ1n) is 6.17. The number of hydrogen-bond donors (Lipinski definition) is 2. The maximum atomic E-state index is 12.8. The van der Waals surface area contributed by atoms with Crippen molar-refractivity contribution in [3.63, 3.8) is 0 Å². The number of hydrogen-bond acceptors (Lipinski definition) is 4. The minimum Gasteiger partial charge on any atom is -0.396 e. The van der Waals surface area contributed by atoms with Crippen molar-refractivity contribution < 1.29 is 14.3 Å². The second-order valence-corrected chi connectivity index (χ2v) is 4.49. The number of carbonyl (C=O) groups is 1. The van der Waals surface area contributed by atoms with Gasteiger partial charge in [0.05, 0.1) is 11.9 Å². The third-order valence-electron chi connectivity index (χ3n) is 2.70. The molecule has 0 aliphatic carbocycles. The molecule has 1 heterocycles. The van der Waals surface area contributed by atoms with Gasteiger partial charge in [-0.1, -0.05) is 6.92 Å². The Morgan fingerprint density at radius 3 is 2.80 bits per heavy atom. The molecule has 20 heavy (non-hydrogen) atoms. The molecule has 0 spiro atoms. The van der Waals surface area contributed by atoms with Crippen LogP contribution in [0.15, 0.2) is 30.5 Å². The van der Waals surface area contributed by atoms with Crippen LogP contribution in [-0.4, -0.2) is 39.2 Å². The van der Waals surface area contributed by atoms with Crippen molar-refractivity contribution in [3.8, 4) is 5.69 Å². The maximum absolute atomic E-state index is 12.8. The number of aromatic nitrogens is 3. The number of rotatable bonds is 5. The van der Waals surface area contributed by atoms with Gasteiger partial charge in [0.25, 0.3) is 5.91 Å². The van der Waals surface area contributed by atoms with Gasteiger partial charge < -0.3 is 10.4 Å². The lowest BCUT2D eigenvalue weighted by Gasteiger charge is -2.07. The monoisotopic (exact) mass is 278 g/mol. The van der Waals surface area contributed by atoms with Crippen molar-refractivity contribution in [2.24, 2.45) is 5.92 Å². The summed E-state index contributed by atoms with van der Waals surface area (Å²) in [5, 5.41) is 19.5. The van der Waals surface area contributed by atoms with Crippen LogP contribution >= 0.6 is 0 Å². The molecule has 1 aromatic heterocycles. The topological polar surface area (TPSA) is 80.0 Å². The summed E-state index contributed by atoms with van der Waals surface area (Å²) in [6, 6.07) is 5.62. The van der Waals surface area contributed by atoms with E-state index in [1.54, 1.807) is 0 Å². The summed E-state index contributed by atoms with van der Waals surface area (Å²) < 4.78 is 12.8. The van der Waals surface area contributed by atoms with Crippen molar-refractivity contribution >= 4 is 5.91 Å². The SMILES string of the molecule is CC(CO)CNC(=O)c1cnn(-c2ccc(F)cc2)n1. The van der Waals surface area contributed by atoms with E-state index in [-0.39, 0.29) is 29.9 Å². The van der Waals surface area contributed by atoms with Crippen LogP contribution in [0.4, 0.5) is 4.39 Å². The molecular weight excluding hydrogens is 263 g/mol. The van der Waals surface area contributed by atoms with Gasteiger partial charge in [0.2, 0.25) is 0 Å². The largest absolute Gasteiger partial charge is 0.396 e. The first-order valence-corrected chi connectivity index (χ1v) is 6.17. The standard InChI is InChI=1S/C13H15FN4O2/c1-9(8-19)6-15-13(20)12-7-16-18(17-12)11-4-2-10(14)3-5-11/h2-5,7,9,19H,6,8H2,1H3,(H,15,20). The quantitative estimate of drug-likeness (QED) is 0.846. The highest BCUT2D eigenvalue weighted by Gasteiger charge is 2.12. The van der Waals surface area contributed by atoms with Crippen molar-refractivity contribution in [2.45, 2.75) is 6.92 Å². The fourth-order valence-electron chi connectivity index (χ4n) is 1.49. The lowest BCUT2D eigenvalue weighted by molar-refractivity contribution is 0.0937. The zero-order valence-electron chi connectivity index (χ0n) is 11.0. The van der Waals surface area contributed by atoms with Crippen molar-refractivity contribution in [1.82, 2.24) is 20.3 Å². The van der Waals surface area contributed by atoms with E-state index in [0.717, 1.165) is 0 Å². The maximum Gasteiger partial charge on any atom is 0.273 e. The summed E-state index contributed by atoms with van der Waals surface area (Å²) in [5.41, 5.74) is 0.730. The van der Waals surface area contributed by atoms with Gasteiger partial charge in [0.1, 0.15) is 5.82 Å². The van der Waals surface area contributed by atoms with Gasteiger partial charge >= 0.3 is 0 Å². The summed E-state index contributed by atoms with van der Waals surface area (Å²) in [4.78, 5) is 13.0. The third-order valence-corrected chi connectivity index (χ3v) is 2.70. The minimum absolute atomic E-state index is 0.00253. The van der Waals surface area contributed by atoms with Crippen LogP contribution in [0.1, 0.15) is 17.4 Å². The number of benzene rings is 1. The average molecular weight is 278 g/mol. The number of aliphatic hydroxyl groups is 1. The van der Waals surface area contributed by atoms with Crippen LogP contribution in [-0.2, 0) is 0 Å². The van der Waals surface area contributed by atoms with Gasteiger partial charge in [-0.15, -0.1) is 5.10 Å². The van der Waals surface area contributed by atoms with Crippen LogP contribution in [0.3, 0.4) is 0 Å². The number of halogens is 1. The average Bonchev–Trinajstić information content (AvgIpc) is 2.95. The smallest absolute Gasteiger partial charge is 0.273 e. The molecule has 0 bridgehead atoms. The molecule has 0 fully saturated rings. The summed E-state index contributed by atoms with van der Waals surface area (Å²) in [6.45, 7) is 2.18. The number of carbonyl (C=O) groups excluding carboxylic acids is 1. The molecule has 2 N–H and O–H groups in total. The Hall–Kier alpha value is -2.28. The Bertz CT molecular complexity index is 582. The summed E-state index contributed by atoms with van der Waals surface area (Å²) in [5.74, 6) is -0.735. The van der Waals surface area contributed by atoms with Gasteiger partial charge in [0, 0.05) is 13.2 Å². The van der Waals surface area contributed by atoms with Crippen molar-refractivity contribution in [1.29, 1.82) is 0 Å². The highest BCUT2D eigenvalue weighted by Crippen LogP contribution is 2.07. The molecule has 1 atom stereocenters. The first-order chi connectivity index (χ1) is 9.60. The zero-order chi connectivity index (χ0) is 14.5. The third kappa shape index (κ3) is 3.39. The van der Waals surface area contributed by atoms with E-state index in [0.29, 0.717) is 12.2 Å². The van der Waals surface area contributed by atoms with Gasteiger partial charge in [0.15, 0.2) is 5.69 Å². The van der Waals surface area contributed by atoms with Gasteiger partial charge in [-0.05, 0) is 30.2 Å². The number of nitrogens with one attached hydrogen (secondary N) is 1. The van der Waals surface area contributed by atoms with Crippen LogP contribution < -0.4 is 5.32 Å². The molecule has 2 rings (SSSR count). The summed E-state index contributed by atoms with van der Waals surface area (Å²) in [6.07, 6.45) is 1.34. The Kier molecular flexibility index (Phi) is 4.41. The van der Waals surface area contributed by atoms with E-state index in [1.165, 1.54) is 35.3 Å². The van der Waals surface area contributed by atoms with Crippen LogP contribution in [0, 0.1) is 11.7 Å². The fourth-order valence-corrected chi connectivity index (χ4v) is 1.49. The van der Waals surface area contributed by atoms with E-state index in [2.05, 4.69) is 15.5 Å².